The normalized spacial score (nSPS) is 10.2. The molecule has 0 aliphatic carbocycles. The third kappa shape index (κ3) is 2.49. The van der Waals surface area contributed by atoms with Crippen LogP contribution in [0.5, 0.6) is 5.75 Å². The summed E-state index contributed by atoms with van der Waals surface area (Å²) < 4.78 is 18.2. The summed E-state index contributed by atoms with van der Waals surface area (Å²) in [6, 6.07) is 9.47. The van der Waals surface area contributed by atoms with E-state index in [0.29, 0.717) is 27.8 Å². The first-order valence-corrected chi connectivity index (χ1v) is 5.64. The van der Waals surface area contributed by atoms with E-state index in [9.17, 15) is 4.39 Å². The van der Waals surface area contributed by atoms with Gasteiger partial charge in [-0.2, -0.15) is 0 Å². The minimum Gasteiger partial charge on any atom is -0.494 e. The lowest BCUT2D eigenvalue weighted by Crippen LogP contribution is -1.99. The van der Waals surface area contributed by atoms with Gasteiger partial charge in [-0.1, -0.05) is 17.7 Å². The minimum absolute atomic E-state index is 0.364. The molecule has 0 heterocycles. The smallest absolute Gasteiger partial charge is 0.145 e. The Hall–Kier alpha value is -1.94. The number of anilines is 3. The quantitative estimate of drug-likeness (QED) is 0.831. The summed E-state index contributed by atoms with van der Waals surface area (Å²) >= 11 is 5.92. The predicted molar refractivity (Wildman–Crippen MR) is 72.1 cm³/mol. The molecule has 0 fully saturated rings. The van der Waals surface area contributed by atoms with Crippen molar-refractivity contribution in [2.45, 2.75) is 0 Å². The van der Waals surface area contributed by atoms with Crippen molar-refractivity contribution in [2.75, 3.05) is 18.2 Å². The number of halogens is 2. The molecule has 2 aromatic rings. The molecule has 0 aromatic heterocycles. The van der Waals surface area contributed by atoms with Crippen LogP contribution < -0.4 is 15.8 Å². The second-order valence-electron chi connectivity index (χ2n) is 3.67. The van der Waals surface area contributed by atoms with Gasteiger partial charge in [0.1, 0.15) is 11.6 Å². The van der Waals surface area contributed by atoms with Crippen LogP contribution in [0.2, 0.25) is 5.02 Å². The maximum Gasteiger partial charge on any atom is 0.145 e. The van der Waals surface area contributed by atoms with Gasteiger partial charge < -0.3 is 15.8 Å². The molecule has 0 saturated carbocycles. The van der Waals surface area contributed by atoms with Crippen LogP contribution in [0.25, 0.3) is 0 Å². The zero-order chi connectivity index (χ0) is 13.1. The first-order chi connectivity index (χ1) is 8.61. The average molecular weight is 267 g/mol. The summed E-state index contributed by atoms with van der Waals surface area (Å²) in [5.41, 5.74) is 7.54. The van der Waals surface area contributed by atoms with Crippen molar-refractivity contribution in [3.8, 4) is 5.75 Å². The zero-order valence-corrected chi connectivity index (χ0v) is 10.5. The molecule has 0 amide bonds. The topological polar surface area (TPSA) is 47.3 Å². The molecule has 94 valence electrons. The summed E-state index contributed by atoms with van der Waals surface area (Å²) in [7, 11) is 1.47. The van der Waals surface area contributed by atoms with Crippen LogP contribution in [-0.2, 0) is 0 Å². The number of hydrogen-bond acceptors (Lipinski definition) is 3. The molecule has 2 rings (SSSR count). The van der Waals surface area contributed by atoms with Gasteiger partial charge in [-0.3, -0.25) is 0 Å². The third-order valence-corrected chi connectivity index (χ3v) is 2.82. The molecule has 0 atom stereocenters. The van der Waals surface area contributed by atoms with Gasteiger partial charge in [0.25, 0.3) is 0 Å². The van der Waals surface area contributed by atoms with Gasteiger partial charge in [0.05, 0.1) is 29.2 Å². The highest BCUT2D eigenvalue weighted by atomic mass is 35.5. The number of hydrogen-bond donors (Lipinski definition) is 2. The largest absolute Gasteiger partial charge is 0.494 e. The molecule has 3 N–H and O–H groups in total. The van der Waals surface area contributed by atoms with E-state index in [4.69, 9.17) is 22.1 Å². The van der Waals surface area contributed by atoms with E-state index < -0.39 is 0 Å². The van der Waals surface area contributed by atoms with Gasteiger partial charge in [0.15, 0.2) is 0 Å². The second kappa shape index (κ2) is 5.14. The predicted octanol–water partition coefficient (Wildman–Crippen LogP) is 3.81. The molecule has 0 unspecified atom stereocenters. The summed E-state index contributed by atoms with van der Waals surface area (Å²) in [5.74, 6) is 0.0332. The number of benzene rings is 2. The van der Waals surface area contributed by atoms with E-state index in [1.54, 1.807) is 24.3 Å². The van der Waals surface area contributed by atoms with Crippen molar-refractivity contribution in [2.24, 2.45) is 0 Å². The van der Waals surface area contributed by atoms with Crippen LogP contribution in [0.3, 0.4) is 0 Å². The molecular formula is C13H12ClFN2O. The third-order valence-electron chi connectivity index (χ3n) is 2.49. The molecule has 0 aliphatic heterocycles. The van der Waals surface area contributed by atoms with E-state index in [0.717, 1.165) is 0 Å². The van der Waals surface area contributed by atoms with Gasteiger partial charge in [-0.15, -0.1) is 0 Å². The van der Waals surface area contributed by atoms with Crippen LogP contribution in [-0.4, -0.2) is 7.11 Å². The van der Waals surface area contributed by atoms with Gasteiger partial charge in [0, 0.05) is 6.07 Å². The highest BCUT2D eigenvalue weighted by molar-refractivity contribution is 6.33. The van der Waals surface area contributed by atoms with Crippen LogP contribution in [0.4, 0.5) is 21.5 Å². The van der Waals surface area contributed by atoms with Gasteiger partial charge in [-0.05, 0) is 24.3 Å². The molecule has 0 radical (unpaired) electrons. The van der Waals surface area contributed by atoms with E-state index in [-0.39, 0.29) is 5.82 Å². The fourth-order valence-electron chi connectivity index (χ4n) is 1.56. The zero-order valence-electron chi connectivity index (χ0n) is 9.71. The highest BCUT2D eigenvalue weighted by Gasteiger charge is 2.08. The number of rotatable bonds is 3. The van der Waals surface area contributed by atoms with Gasteiger partial charge >= 0.3 is 0 Å². The van der Waals surface area contributed by atoms with E-state index in [2.05, 4.69) is 5.32 Å². The second-order valence-corrected chi connectivity index (χ2v) is 4.08. The molecular weight excluding hydrogens is 255 g/mol. The average Bonchev–Trinajstić information content (AvgIpc) is 2.37. The lowest BCUT2D eigenvalue weighted by Gasteiger charge is -2.13. The Balaban J connectivity index is 2.37. The van der Waals surface area contributed by atoms with Crippen LogP contribution in [0, 0.1) is 5.82 Å². The highest BCUT2D eigenvalue weighted by Crippen LogP contribution is 2.33. The Morgan fingerprint density at radius 1 is 1.22 bits per heavy atom. The van der Waals surface area contributed by atoms with Crippen LogP contribution >= 0.6 is 11.6 Å². The Labute approximate surface area is 109 Å². The number of nitrogens with one attached hydrogen (secondary N) is 1. The first kappa shape index (κ1) is 12.5. The van der Waals surface area contributed by atoms with E-state index >= 15 is 0 Å². The maximum absolute atomic E-state index is 13.1. The molecule has 0 aliphatic rings. The summed E-state index contributed by atoms with van der Waals surface area (Å²) in [6.07, 6.45) is 0. The molecule has 3 nitrogen and oxygen atoms in total. The Kier molecular flexibility index (Phi) is 3.58. The van der Waals surface area contributed by atoms with Crippen molar-refractivity contribution < 1.29 is 9.13 Å². The fourth-order valence-corrected chi connectivity index (χ4v) is 1.73. The summed E-state index contributed by atoms with van der Waals surface area (Å²) in [5, 5.41) is 3.52. The van der Waals surface area contributed by atoms with Crippen molar-refractivity contribution >= 4 is 28.7 Å². The number of nitrogen functional groups attached to an aromatic ring is 1. The first-order valence-electron chi connectivity index (χ1n) is 5.26. The van der Waals surface area contributed by atoms with Crippen molar-refractivity contribution in [3.63, 3.8) is 0 Å². The summed E-state index contributed by atoms with van der Waals surface area (Å²) in [6.45, 7) is 0. The lowest BCUT2D eigenvalue weighted by atomic mass is 10.2. The van der Waals surface area contributed by atoms with E-state index in [1.165, 1.54) is 19.2 Å². The Morgan fingerprint density at radius 2 is 2.00 bits per heavy atom. The van der Waals surface area contributed by atoms with Crippen LogP contribution in [0.15, 0.2) is 36.4 Å². The molecule has 0 saturated heterocycles. The monoisotopic (exact) mass is 266 g/mol. The lowest BCUT2D eigenvalue weighted by molar-refractivity contribution is 0.413. The van der Waals surface area contributed by atoms with Gasteiger partial charge in [0.2, 0.25) is 0 Å². The Morgan fingerprint density at radius 3 is 2.72 bits per heavy atom. The minimum atomic E-state index is -0.364. The van der Waals surface area contributed by atoms with Crippen molar-refractivity contribution in [1.82, 2.24) is 0 Å². The SMILES string of the molecule is COc1cc(F)ccc1Nc1cccc(Cl)c1N. The number of nitrogens with two attached hydrogens (primary N) is 1. The van der Waals surface area contributed by atoms with E-state index in [1.807, 2.05) is 0 Å². The standard InChI is InChI=1S/C13H12ClFN2O/c1-18-12-7-8(15)5-6-10(12)17-11-4-2-3-9(14)13(11)16/h2-7,17H,16H2,1H3. The number of para-hydroxylation sites is 1. The van der Waals surface area contributed by atoms with Gasteiger partial charge in [-0.25, -0.2) is 4.39 Å². The summed E-state index contributed by atoms with van der Waals surface area (Å²) in [4.78, 5) is 0. The molecule has 0 bridgehead atoms. The molecule has 0 spiro atoms. The Bertz CT molecular complexity index is 575. The van der Waals surface area contributed by atoms with Crippen LogP contribution in [0.1, 0.15) is 0 Å². The molecule has 5 heteroatoms. The maximum atomic E-state index is 13.1. The molecule has 2 aromatic carbocycles. The van der Waals surface area contributed by atoms with Crippen molar-refractivity contribution in [1.29, 1.82) is 0 Å². The number of ether oxygens (including phenoxy) is 1. The fraction of sp³-hybridized carbons (Fsp3) is 0.0769. The molecule has 18 heavy (non-hydrogen) atoms. The number of methoxy groups -OCH3 is 1. The van der Waals surface area contributed by atoms with Crippen molar-refractivity contribution in [3.05, 3.63) is 47.2 Å².